The van der Waals surface area contributed by atoms with Gasteiger partial charge >= 0.3 is 0 Å². The molecule has 7 heteroatoms. The third-order valence-electron chi connectivity index (χ3n) is 4.39. The zero-order chi connectivity index (χ0) is 20.9. The number of ether oxygens (including phenoxy) is 1. The largest absolute Gasteiger partial charge is 0.507 e. The molecule has 0 spiro atoms. The Morgan fingerprint density at radius 1 is 1.07 bits per heavy atom. The molecule has 0 aliphatic heterocycles. The van der Waals surface area contributed by atoms with Gasteiger partial charge in [-0.3, -0.25) is 5.43 Å². The molecule has 0 fully saturated rings. The summed E-state index contributed by atoms with van der Waals surface area (Å²) in [5.41, 5.74) is 5.27. The molecule has 1 aromatic heterocycles. The number of aromatic hydroxyl groups is 1. The van der Waals surface area contributed by atoms with E-state index < -0.39 is 0 Å². The number of aromatic nitrogens is 2. The molecule has 4 rings (SSSR count). The Balaban J connectivity index is 1.65. The van der Waals surface area contributed by atoms with Crippen LogP contribution >= 0.6 is 15.9 Å². The van der Waals surface area contributed by atoms with Crippen LogP contribution in [0, 0.1) is 0 Å². The van der Waals surface area contributed by atoms with Crippen molar-refractivity contribution < 1.29 is 9.84 Å². The van der Waals surface area contributed by atoms with Gasteiger partial charge in [0.05, 0.1) is 18.3 Å². The minimum atomic E-state index is 0.0922. The molecule has 0 saturated carbocycles. The number of hydrogen-bond acceptors (Lipinski definition) is 6. The fraction of sp³-hybridized carbons (Fsp3) is 0.0870. The van der Waals surface area contributed by atoms with Gasteiger partial charge in [-0.25, -0.2) is 9.97 Å². The molecule has 3 aromatic carbocycles. The van der Waals surface area contributed by atoms with Crippen LogP contribution in [0.3, 0.4) is 0 Å². The van der Waals surface area contributed by atoms with Gasteiger partial charge in [0.1, 0.15) is 11.5 Å². The average molecular weight is 463 g/mol. The third-order valence-corrected chi connectivity index (χ3v) is 4.92. The number of fused-ring (bicyclic) bond motifs is 1. The van der Waals surface area contributed by atoms with E-state index in [1.54, 1.807) is 24.4 Å². The highest BCUT2D eigenvalue weighted by Crippen LogP contribution is 2.26. The second-order valence-electron chi connectivity index (χ2n) is 6.44. The maximum Gasteiger partial charge on any atom is 0.162 e. The lowest BCUT2D eigenvalue weighted by Gasteiger charge is -2.08. The van der Waals surface area contributed by atoms with Crippen molar-refractivity contribution in [2.75, 3.05) is 12.0 Å². The number of para-hydroxylation sites is 1. The van der Waals surface area contributed by atoms with E-state index >= 15 is 0 Å². The Morgan fingerprint density at radius 2 is 1.87 bits per heavy atom. The smallest absolute Gasteiger partial charge is 0.162 e. The summed E-state index contributed by atoms with van der Waals surface area (Å²) in [7, 11) is 0. The number of phenols is 1. The highest BCUT2D eigenvalue weighted by atomic mass is 79.9. The van der Waals surface area contributed by atoms with E-state index in [1.165, 1.54) is 0 Å². The molecule has 4 aromatic rings. The molecule has 1 heterocycles. The number of hydrazone groups is 1. The number of halogens is 1. The van der Waals surface area contributed by atoms with Gasteiger partial charge in [0.25, 0.3) is 0 Å². The van der Waals surface area contributed by atoms with Crippen LogP contribution in [-0.2, 0) is 0 Å². The second-order valence-corrected chi connectivity index (χ2v) is 7.36. The number of benzene rings is 3. The fourth-order valence-corrected chi connectivity index (χ4v) is 3.21. The highest BCUT2D eigenvalue weighted by molar-refractivity contribution is 9.10. The van der Waals surface area contributed by atoms with E-state index in [1.807, 2.05) is 55.5 Å². The van der Waals surface area contributed by atoms with Crippen molar-refractivity contribution in [3.05, 3.63) is 76.8 Å². The Bertz CT molecular complexity index is 1210. The van der Waals surface area contributed by atoms with Crippen LogP contribution in [0.5, 0.6) is 11.5 Å². The molecule has 0 aliphatic carbocycles. The molecule has 0 aliphatic rings. The van der Waals surface area contributed by atoms with E-state index in [9.17, 15) is 5.11 Å². The van der Waals surface area contributed by atoms with Crippen LogP contribution in [0.25, 0.3) is 22.3 Å². The van der Waals surface area contributed by atoms with Crippen LogP contribution < -0.4 is 10.2 Å². The van der Waals surface area contributed by atoms with Gasteiger partial charge < -0.3 is 9.84 Å². The summed E-state index contributed by atoms with van der Waals surface area (Å²) in [4.78, 5) is 9.33. The first kappa shape index (κ1) is 19.8. The molecule has 150 valence electrons. The average Bonchev–Trinajstić information content (AvgIpc) is 2.76. The summed E-state index contributed by atoms with van der Waals surface area (Å²) >= 11 is 3.45. The minimum Gasteiger partial charge on any atom is -0.507 e. The van der Waals surface area contributed by atoms with E-state index in [-0.39, 0.29) is 5.75 Å². The van der Waals surface area contributed by atoms with E-state index in [0.29, 0.717) is 29.6 Å². The molecule has 0 saturated heterocycles. The normalized spacial score (nSPS) is 11.1. The van der Waals surface area contributed by atoms with Crippen molar-refractivity contribution in [3.63, 3.8) is 0 Å². The van der Waals surface area contributed by atoms with Crippen LogP contribution in [-0.4, -0.2) is 27.9 Å². The molecule has 6 nitrogen and oxygen atoms in total. The number of phenolic OH excluding ortho intramolecular Hbond substituents is 1. The first-order valence-corrected chi connectivity index (χ1v) is 10.2. The van der Waals surface area contributed by atoms with Gasteiger partial charge in [-0.2, -0.15) is 5.10 Å². The monoisotopic (exact) mass is 462 g/mol. The fourth-order valence-electron chi connectivity index (χ4n) is 2.94. The van der Waals surface area contributed by atoms with Gasteiger partial charge in [0.15, 0.2) is 11.6 Å². The summed E-state index contributed by atoms with van der Waals surface area (Å²) < 4.78 is 6.38. The number of hydrogen-bond donors (Lipinski definition) is 2. The quantitative estimate of drug-likeness (QED) is 0.287. The number of nitrogens with zero attached hydrogens (tertiary/aromatic N) is 3. The summed E-state index contributed by atoms with van der Waals surface area (Å²) in [6.07, 6.45) is 1.54. The van der Waals surface area contributed by atoms with Crippen LogP contribution in [0.2, 0.25) is 0 Å². The van der Waals surface area contributed by atoms with Gasteiger partial charge in [-0.05, 0) is 43.3 Å². The van der Waals surface area contributed by atoms with Gasteiger partial charge in [0, 0.05) is 27.1 Å². The van der Waals surface area contributed by atoms with Crippen molar-refractivity contribution >= 4 is 38.9 Å². The van der Waals surface area contributed by atoms with Crippen LogP contribution in [0.1, 0.15) is 12.5 Å². The molecule has 30 heavy (non-hydrogen) atoms. The third kappa shape index (κ3) is 4.41. The number of rotatable bonds is 6. The van der Waals surface area contributed by atoms with Gasteiger partial charge in [-0.1, -0.05) is 40.2 Å². The molecule has 0 atom stereocenters. The van der Waals surface area contributed by atoms with Crippen LogP contribution in [0.15, 0.2) is 76.3 Å². The Labute approximate surface area is 182 Å². The summed E-state index contributed by atoms with van der Waals surface area (Å²) in [6.45, 7) is 2.43. The number of nitrogens with one attached hydrogen (secondary N) is 1. The molecular weight excluding hydrogens is 444 g/mol. The van der Waals surface area contributed by atoms with E-state index in [4.69, 9.17) is 4.74 Å². The lowest BCUT2D eigenvalue weighted by atomic mass is 10.2. The van der Waals surface area contributed by atoms with Crippen LogP contribution in [0.4, 0.5) is 5.82 Å². The Morgan fingerprint density at radius 3 is 2.63 bits per heavy atom. The molecule has 2 N–H and O–H groups in total. The van der Waals surface area contributed by atoms with E-state index in [0.717, 1.165) is 20.9 Å². The van der Waals surface area contributed by atoms with Crippen molar-refractivity contribution in [1.29, 1.82) is 0 Å². The molecule has 0 radical (unpaired) electrons. The maximum atomic E-state index is 10.2. The predicted octanol–water partition coefficient (Wildman–Crippen LogP) is 5.61. The second kappa shape index (κ2) is 8.92. The van der Waals surface area contributed by atoms with Crippen molar-refractivity contribution in [3.8, 4) is 22.9 Å². The lowest BCUT2D eigenvalue weighted by Crippen LogP contribution is -1.99. The summed E-state index contributed by atoms with van der Waals surface area (Å²) in [6, 6.07) is 20.7. The minimum absolute atomic E-state index is 0.0922. The number of anilines is 1. The van der Waals surface area contributed by atoms with Crippen molar-refractivity contribution in [2.24, 2.45) is 5.10 Å². The Hall–Kier alpha value is -3.45. The molecular formula is C23H19BrN4O2. The first-order chi connectivity index (χ1) is 14.6. The highest BCUT2D eigenvalue weighted by Gasteiger charge is 2.09. The van der Waals surface area contributed by atoms with Gasteiger partial charge in [0.2, 0.25) is 0 Å². The topological polar surface area (TPSA) is 79.6 Å². The van der Waals surface area contributed by atoms with Crippen molar-refractivity contribution in [1.82, 2.24) is 9.97 Å². The van der Waals surface area contributed by atoms with Crippen molar-refractivity contribution in [2.45, 2.75) is 6.92 Å². The SMILES string of the molecule is CCOc1ccc(C=NNc2nc(-c3ccc(Br)cc3)nc3ccccc23)c(O)c1. The zero-order valence-electron chi connectivity index (χ0n) is 16.2. The zero-order valence-corrected chi connectivity index (χ0v) is 17.8. The molecule has 0 unspecified atom stereocenters. The molecule has 0 amide bonds. The molecule has 0 bridgehead atoms. The lowest BCUT2D eigenvalue weighted by molar-refractivity contribution is 0.337. The first-order valence-electron chi connectivity index (χ1n) is 9.41. The summed E-state index contributed by atoms with van der Waals surface area (Å²) in [5, 5.41) is 15.3. The van der Waals surface area contributed by atoms with Gasteiger partial charge in [-0.15, -0.1) is 0 Å². The standard InChI is InChI=1S/C23H19BrN4O2/c1-2-30-18-12-9-16(21(29)13-18)14-25-28-23-19-5-3-4-6-20(19)26-22(27-23)15-7-10-17(24)11-8-15/h3-14,29H,2H2,1H3,(H,26,27,28). The Kier molecular flexibility index (Phi) is 5.90. The predicted molar refractivity (Wildman–Crippen MR) is 123 cm³/mol. The van der Waals surface area contributed by atoms with E-state index in [2.05, 4.69) is 36.4 Å². The summed E-state index contributed by atoms with van der Waals surface area (Å²) in [5.74, 6) is 1.89. The maximum absolute atomic E-state index is 10.2.